The molecule has 0 fully saturated rings. The van der Waals surface area contributed by atoms with Gasteiger partial charge in [-0.15, -0.1) is 0 Å². The number of ether oxygens (including phenoxy) is 1. The minimum atomic E-state index is -0.203. The summed E-state index contributed by atoms with van der Waals surface area (Å²) < 4.78 is 7.81. The van der Waals surface area contributed by atoms with E-state index in [1.165, 1.54) is 0 Å². The lowest BCUT2D eigenvalue weighted by Gasteiger charge is -2.18. The van der Waals surface area contributed by atoms with Crippen molar-refractivity contribution in [3.05, 3.63) is 58.9 Å². The van der Waals surface area contributed by atoms with Crippen LogP contribution in [-0.4, -0.2) is 37.8 Å². The highest BCUT2D eigenvalue weighted by atomic mass is 35.5. The Morgan fingerprint density at radius 3 is 2.81 bits per heavy atom. The average Bonchev–Trinajstić information content (AvgIpc) is 3.26. The van der Waals surface area contributed by atoms with E-state index in [-0.39, 0.29) is 11.3 Å². The van der Waals surface area contributed by atoms with E-state index in [1.807, 2.05) is 47.9 Å². The molecule has 0 saturated heterocycles. The van der Waals surface area contributed by atoms with Gasteiger partial charge in [-0.2, -0.15) is 4.98 Å². The SMILES string of the molecule is Cc1nc(NCCc2ccc(O)c(-c3cccc(Cl)c3)c2)c2nc3n(c2n1)C(C)(C)CO3. The van der Waals surface area contributed by atoms with Gasteiger partial charge in [0, 0.05) is 17.1 Å². The quantitative estimate of drug-likeness (QED) is 0.448. The molecule has 2 aromatic heterocycles. The van der Waals surface area contributed by atoms with Crippen molar-refractivity contribution in [1.29, 1.82) is 0 Å². The molecule has 0 aliphatic carbocycles. The fraction of sp³-hybridized carbons (Fsp3) is 0.292. The minimum absolute atomic E-state index is 0.203. The Bertz CT molecular complexity index is 1330. The van der Waals surface area contributed by atoms with E-state index < -0.39 is 0 Å². The van der Waals surface area contributed by atoms with Gasteiger partial charge in [0.15, 0.2) is 17.0 Å². The molecule has 4 aromatic rings. The number of nitrogens with one attached hydrogen (secondary N) is 1. The maximum atomic E-state index is 10.3. The number of aryl methyl sites for hydroxylation is 1. The van der Waals surface area contributed by atoms with Crippen LogP contribution in [0.1, 0.15) is 25.2 Å². The lowest BCUT2D eigenvalue weighted by Crippen LogP contribution is -2.26. The molecule has 1 aliphatic rings. The Hall–Kier alpha value is -3.32. The zero-order chi connectivity index (χ0) is 22.5. The third-order valence-corrected chi connectivity index (χ3v) is 5.89. The minimum Gasteiger partial charge on any atom is -0.507 e. The summed E-state index contributed by atoms with van der Waals surface area (Å²) in [6.07, 6.45) is 0.744. The second-order valence-electron chi connectivity index (χ2n) is 8.66. The molecule has 164 valence electrons. The highest BCUT2D eigenvalue weighted by molar-refractivity contribution is 6.30. The van der Waals surface area contributed by atoms with Crippen molar-refractivity contribution in [1.82, 2.24) is 19.5 Å². The normalized spacial score (nSPS) is 14.4. The molecule has 3 heterocycles. The first-order valence-corrected chi connectivity index (χ1v) is 10.9. The fourth-order valence-corrected chi connectivity index (χ4v) is 4.26. The van der Waals surface area contributed by atoms with Crippen molar-refractivity contribution in [3.63, 3.8) is 0 Å². The first-order valence-electron chi connectivity index (χ1n) is 10.5. The largest absolute Gasteiger partial charge is 0.507 e. The van der Waals surface area contributed by atoms with E-state index in [0.29, 0.717) is 41.3 Å². The Labute approximate surface area is 191 Å². The van der Waals surface area contributed by atoms with Crippen molar-refractivity contribution in [2.24, 2.45) is 0 Å². The van der Waals surface area contributed by atoms with Crippen LogP contribution in [0.2, 0.25) is 5.02 Å². The topological polar surface area (TPSA) is 85.1 Å². The lowest BCUT2D eigenvalue weighted by atomic mass is 10.0. The van der Waals surface area contributed by atoms with Crippen LogP contribution in [0.5, 0.6) is 11.8 Å². The van der Waals surface area contributed by atoms with Gasteiger partial charge >= 0.3 is 0 Å². The third-order valence-electron chi connectivity index (χ3n) is 5.65. The lowest BCUT2D eigenvalue weighted by molar-refractivity contribution is 0.268. The number of nitrogens with zero attached hydrogens (tertiary/aromatic N) is 4. The summed E-state index contributed by atoms with van der Waals surface area (Å²) in [5, 5.41) is 14.4. The van der Waals surface area contributed by atoms with Crippen LogP contribution in [0.15, 0.2) is 42.5 Å². The molecule has 0 spiro atoms. The van der Waals surface area contributed by atoms with E-state index in [4.69, 9.17) is 16.3 Å². The van der Waals surface area contributed by atoms with Gasteiger partial charge in [0.2, 0.25) is 0 Å². The maximum absolute atomic E-state index is 10.3. The molecular formula is C24H24ClN5O2. The van der Waals surface area contributed by atoms with Gasteiger partial charge < -0.3 is 15.2 Å². The van der Waals surface area contributed by atoms with E-state index in [1.54, 1.807) is 6.07 Å². The molecule has 2 N–H and O–H groups in total. The van der Waals surface area contributed by atoms with Gasteiger partial charge in [0.25, 0.3) is 6.01 Å². The van der Waals surface area contributed by atoms with Crippen molar-refractivity contribution < 1.29 is 9.84 Å². The van der Waals surface area contributed by atoms with Gasteiger partial charge in [-0.1, -0.05) is 29.8 Å². The summed E-state index contributed by atoms with van der Waals surface area (Å²) in [5.41, 5.74) is 4.02. The number of hydrogen-bond donors (Lipinski definition) is 2. The van der Waals surface area contributed by atoms with Gasteiger partial charge in [-0.25, -0.2) is 9.97 Å². The van der Waals surface area contributed by atoms with Gasteiger partial charge in [0.05, 0.1) is 5.54 Å². The molecule has 32 heavy (non-hydrogen) atoms. The van der Waals surface area contributed by atoms with E-state index in [9.17, 15) is 5.11 Å². The van der Waals surface area contributed by atoms with Gasteiger partial charge in [-0.3, -0.25) is 4.57 Å². The molecule has 5 rings (SSSR count). The zero-order valence-electron chi connectivity index (χ0n) is 18.2. The van der Waals surface area contributed by atoms with E-state index >= 15 is 0 Å². The average molecular weight is 450 g/mol. The highest BCUT2D eigenvalue weighted by Gasteiger charge is 2.35. The van der Waals surface area contributed by atoms with Gasteiger partial charge in [-0.05, 0) is 62.6 Å². The number of hydrogen-bond acceptors (Lipinski definition) is 6. The number of imidazole rings is 1. The number of phenolic OH excluding ortho intramolecular Hbond substituents is 1. The summed E-state index contributed by atoms with van der Waals surface area (Å²) in [6.45, 7) is 7.32. The highest BCUT2D eigenvalue weighted by Crippen LogP contribution is 2.36. The van der Waals surface area contributed by atoms with Crippen LogP contribution in [0.3, 0.4) is 0 Å². The van der Waals surface area contributed by atoms with Crippen LogP contribution in [0.25, 0.3) is 22.3 Å². The molecule has 0 bridgehead atoms. The number of aromatic hydroxyl groups is 1. The standard InChI is InChI=1S/C24H24ClN5O2/c1-14-27-21(20-22(28-14)30-23(29-20)32-13-24(30,2)3)26-10-9-15-7-8-19(31)18(11-15)16-5-4-6-17(25)12-16/h4-8,11-12,31H,9-10,13H2,1-3H3,(H,26,27,28). The van der Waals surface area contributed by atoms with Crippen LogP contribution in [0, 0.1) is 6.92 Å². The molecule has 0 unspecified atom stereocenters. The predicted molar refractivity (Wildman–Crippen MR) is 126 cm³/mol. The molecule has 1 aliphatic heterocycles. The molecule has 0 amide bonds. The smallest absolute Gasteiger partial charge is 0.299 e. The van der Waals surface area contributed by atoms with Gasteiger partial charge in [0.1, 0.15) is 18.2 Å². The first-order chi connectivity index (χ1) is 15.3. The monoisotopic (exact) mass is 449 g/mol. The Morgan fingerprint density at radius 1 is 1.16 bits per heavy atom. The second kappa shape index (κ2) is 7.67. The first kappa shape index (κ1) is 20.6. The molecule has 0 atom stereocenters. The van der Waals surface area contributed by atoms with Crippen molar-refractivity contribution >= 4 is 28.6 Å². The van der Waals surface area contributed by atoms with E-state index in [2.05, 4.69) is 34.1 Å². The van der Waals surface area contributed by atoms with Crippen molar-refractivity contribution in [3.8, 4) is 22.9 Å². The molecule has 0 radical (unpaired) electrons. The number of anilines is 1. The molecule has 2 aromatic carbocycles. The second-order valence-corrected chi connectivity index (χ2v) is 9.10. The fourth-order valence-electron chi connectivity index (χ4n) is 4.07. The van der Waals surface area contributed by atoms with Crippen LogP contribution in [-0.2, 0) is 12.0 Å². The Morgan fingerprint density at radius 2 is 2.00 bits per heavy atom. The summed E-state index contributed by atoms with van der Waals surface area (Å²) in [4.78, 5) is 13.8. The summed E-state index contributed by atoms with van der Waals surface area (Å²) >= 11 is 6.12. The molecular weight excluding hydrogens is 426 g/mol. The number of aromatic nitrogens is 4. The number of rotatable bonds is 5. The Kier molecular flexibility index (Phi) is 4.93. The van der Waals surface area contributed by atoms with E-state index in [0.717, 1.165) is 28.8 Å². The zero-order valence-corrected chi connectivity index (χ0v) is 18.9. The number of fused-ring (bicyclic) bond motifs is 3. The number of phenols is 1. The summed E-state index contributed by atoms with van der Waals surface area (Å²) in [5.74, 6) is 1.60. The van der Waals surface area contributed by atoms with Crippen molar-refractivity contribution in [2.45, 2.75) is 32.7 Å². The predicted octanol–water partition coefficient (Wildman–Crippen LogP) is 4.94. The maximum Gasteiger partial charge on any atom is 0.299 e. The van der Waals surface area contributed by atoms with Crippen LogP contribution < -0.4 is 10.1 Å². The van der Waals surface area contributed by atoms with Crippen molar-refractivity contribution in [2.75, 3.05) is 18.5 Å². The number of benzene rings is 2. The summed E-state index contributed by atoms with van der Waals surface area (Å²) in [7, 11) is 0. The summed E-state index contributed by atoms with van der Waals surface area (Å²) in [6, 6.07) is 13.7. The third kappa shape index (κ3) is 3.62. The van der Waals surface area contributed by atoms with Crippen LogP contribution >= 0.6 is 11.6 Å². The Balaban J connectivity index is 1.38. The van der Waals surface area contributed by atoms with Crippen LogP contribution in [0.4, 0.5) is 5.82 Å². The molecule has 8 heteroatoms. The molecule has 7 nitrogen and oxygen atoms in total. The molecule has 0 saturated carbocycles. The number of halogens is 1.